The number of carbonyl (C=O) groups is 2. The molecule has 0 bridgehead atoms. The Kier molecular flexibility index (Phi) is 5.30. The average Bonchev–Trinajstić information content (AvgIpc) is 3.31. The van der Waals surface area contributed by atoms with E-state index in [0.717, 1.165) is 43.6 Å². The number of hydrogen-bond acceptors (Lipinski definition) is 6. The predicted octanol–water partition coefficient (Wildman–Crippen LogP) is 2.24. The molecule has 2 N–H and O–H groups in total. The second-order valence-corrected chi connectivity index (χ2v) is 8.40. The summed E-state index contributed by atoms with van der Waals surface area (Å²) in [5.41, 5.74) is 6.72. The van der Waals surface area contributed by atoms with Crippen molar-refractivity contribution in [3.8, 4) is 0 Å². The molecule has 2 fully saturated rings. The van der Waals surface area contributed by atoms with Gasteiger partial charge in [0.25, 0.3) is 0 Å². The van der Waals surface area contributed by atoms with E-state index in [2.05, 4.69) is 9.97 Å². The Morgan fingerprint density at radius 1 is 1.21 bits per heavy atom. The van der Waals surface area contributed by atoms with Gasteiger partial charge in [-0.1, -0.05) is 6.07 Å². The van der Waals surface area contributed by atoms with E-state index in [1.54, 1.807) is 6.20 Å². The van der Waals surface area contributed by atoms with E-state index >= 15 is 0 Å². The smallest absolute Gasteiger partial charge is 0.248 e. The molecule has 2 amide bonds. The Bertz CT molecular complexity index is 855. The fourth-order valence-electron chi connectivity index (χ4n) is 4.43. The third kappa shape index (κ3) is 3.61. The van der Waals surface area contributed by atoms with Gasteiger partial charge in [0.05, 0.1) is 17.9 Å². The number of hydrogen-bond donors (Lipinski definition) is 1. The Hall–Kier alpha value is -2.48. The van der Waals surface area contributed by atoms with Crippen LogP contribution in [0.4, 0.5) is 5.13 Å². The highest BCUT2D eigenvalue weighted by Crippen LogP contribution is 2.39. The molecule has 0 radical (unpaired) electrons. The van der Waals surface area contributed by atoms with E-state index in [1.807, 2.05) is 33.4 Å². The second-order valence-electron chi connectivity index (χ2n) is 7.51. The van der Waals surface area contributed by atoms with Crippen LogP contribution in [0.1, 0.15) is 43.5 Å². The highest BCUT2D eigenvalue weighted by atomic mass is 32.1. The molecule has 8 heteroatoms. The van der Waals surface area contributed by atoms with Crippen molar-refractivity contribution in [2.45, 2.75) is 50.6 Å². The van der Waals surface area contributed by atoms with E-state index < -0.39 is 5.54 Å². The van der Waals surface area contributed by atoms with Crippen LogP contribution in [0.25, 0.3) is 0 Å². The molecular formula is C20H25N5O2S. The Labute approximate surface area is 168 Å². The van der Waals surface area contributed by atoms with Crippen molar-refractivity contribution in [3.63, 3.8) is 0 Å². The molecule has 4 heterocycles. The lowest BCUT2D eigenvalue weighted by Gasteiger charge is -2.44. The van der Waals surface area contributed by atoms with Gasteiger partial charge in [-0.3, -0.25) is 14.6 Å². The fourth-order valence-corrected chi connectivity index (χ4v) is 5.03. The predicted molar refractivity (Wildman–Crippen MR) is 107 cm³/mol. The van der Waals surface area contributed by atoms with Gasteiger partial charge in [-0.2, -0.15) is 0 Å². The minimum atomic E-state index is -0.675. The molecule has 2 saturated heterocycles. The van der Waals surface area contributed by atoms with Gasteiger partial charge in [-0.05, 0) is 44.2 Å². The lowest BCUT2D eigenvalue weighted by Crippen LogP contribution is -2.61. The molecule has 2 aliphatic heterocycles. The number of anilines is 1. The summed E-state index contributed by atoms with van der Waals surface area (Å²) in [6.45, 7) is 1.88. The highest BCUT2D eigenvalue weighted by molar-refractivity contribution is 7.13. The van der Waals surface area contributed by atoms with Gasteiger partial charge in [0.1, 0.15) is 5.54 Å². The van der Waals surface area contributed by atoms with Crippen molar-refractivity contribution >= 4 is 28.3 Å². The second kappa shape index (κ2) is 7.87. The van der Waals surface area contributed by atoms with E-state index in [4.69, 9.17) is 5.73 Å². The molecule has 4 rings (SSSR count). The first-order valence-electron chi connectivity index (χ1n) is 9.78. The fraction of sp³-hybridized carbons (Fsp3) is 0.500. The Morgan fingerprint density at radius 2 is 2.04 bits per heavy atom. The standard InChI is InChI=1S/C20H25N5O2S/c21-19-23-16(14-28-19)6-7-17(26)25-12-4-9-20(25)8-3-11-24(18(20)27)13-15-5-1-2-10-22-15/h1-2,5,10,14H,3-4,6-9,11-13H2,(H2,21,23). The molecule has 0 saturated carbocycles. The summed E-state index contributed by atoms with van der Waals surface area (Å²) in [6.07, 6.45) is 5.95. The number of thiazole rings is 1. The zero-order valence-electron chi connectivity index (χ0n) is 15.8. The molecule has 1 spiro atoms. The summed E-state index contributed by atoms with van der Waals surface area (Å²) in [4.78, 5) is 38.7. The summed E-state index contributed by atoms with van der Waals surface area (Å²) < 4.78 is 0. The van der Waals surface area contributed by atoms with Crippen molar-refractivity contribution in [2.75, 3.05) is 18.8 Å². The number of aryl methyl sites for hydroxylation is 1. The number of piperidine rings is 1. The van der Waals surface area contributed by atoms with Gasteiger partial charge in [-0.25, -0.2) is 4.98 Å². The van der Waals surface area contributed by atoms with Crippen LogP contribution in [0.15, 0.2) is 29.8 Å². The van der Waals surface area contributed by atoms with Gasteiger partial charge in [0.15, 0.2) is 5.13 Å². The largest absolute Gasteiger partial charge is 0.375 e. The number of pyridine rings is 1. The maximum Gasteiger partial charge on any atom is 0.248 e. The van der Waals surface area contributed by atoms with Crippen molar-refractivity contribution in [3.05, 3.63) is 41.2 Å². The van der Waals surface area contributed by atoms with Crippen LogP contribution in [-0.2, 0) is 22.6 Å². The van der Waals surface area contributed by atoms with Crippen molar-refractivity contribution in [2.24, 2.45) is 0 Å². The lowest BCUT2D eigenvalue weighted by atomic mass is 9.85. The van der Waals surface area contributed by atoms with E-state index in [0.29, 0.717) is 31.1 Å². The number of likely N-dealkylation sites (tertiary alicyclic amines) is 2. The number of nitrogens with zero attached hydrogens (tertiary/aromatic N) is 4. The number of amides is 2. The first kappa shape index (κ1) is 18.9. The van der Waals surface area contributed by atoms with Crippen LogP contribution < -0.4 is 5.73 Å². The molecule has 0 aromatic carbocycles. The van der Waals surface area contributed by atoms with Crippen LogP contribution in [0.3, 0.4) is 0 Å². The summed E-state index contributed by atoms with van der Waals surface area (Å²) in [7, 11) is 0. The van der Waals surface area contributed by atoms with Crippen molar-refractivity contribution < 1.29 is 9.59 Å². The Morgan fingerprint density at radius 3 is 2.75 bits per heavy atom. The summed E-state index contributed by atoms with van der Waals surface area (Å²) in [5.74, 6) is 0.116. The number of aromatic nitrogens is 2. The normalized spacial score (nSPS) is 22.2. The van der Waals surface area contributed by atoms with Crippen LogP contribution in [0, 0.1) is 0 Å². The molecular weight excluding hydrogens is 374 g/mol. The van der Waals surface area contributed by atoms with Crippen molar-refractivity contribution in [1.82, 2.24) is 19.8 Å². The zero-order chi connectivity index (χ0) is 19.6. The molecule has 2 aromatic rings. The molecule has 0 aliphatic carbocycles. The lowest BCUT2D eigenvalue weighted by molar-refractivity contribution is -0.155. The van der Waals surface area contributed by atoms with E-state index in [9.17, 15) is 9.59 Å². The summed E-state index contributed by atoms with van der Waals surface area (Å²) >= 11 is 1.39. The van der Waals surface area contributed by atoms with Gasteiger partial charge >= 0.3 is 0 Å². The van der Waals surface area contributed by atoms with Crippen LogP contribution >= 0.6 is 11.3 Å². The minimum Gasteiger partial charge on any atom is -0.375 e. The summed E-state index contributed by atoms with van der Waals surface area (Å²) in [6, 6.07) is 5.74. The van der Waals surface area contributed by atoms with Crippen LogP contribution in [0.5, 0.6) is 0 Å². The molecule has 2 aromatic heterocycles. The van der Waals surface area contributed by atoms with E-state index in [-0.39, 0.29) is 11.8 Å². The third-order valence-corrected chi connectivity index (χ3v) is 6.46. The van der Waals surface area contributed by atoms with Crippen molar-refractivity contribution in [1.29, 1.82) is 0 Å². The van der Waals surface area contributed by atoms with Crippen LogP contribution in [0.2, 0.25) is 0 Å². The number of carbonyl (C=O) groups excluding carboxylic acids is 2. The SMILES string of the molecule is Nc1nc(CCC(=O)N2CCCC23CCCN(Cc2ccccn2)C3=O)cs1. The topological polar surface area (TPSA) is 92.4 Å². The third-order valence-electron chi connectivity index (χ3n) is 5.74. The van der Waals surface area contributed by atoms with E-state index in [1.165, 1.54) is 11.3 Å². The average molecular weight is 400 g/mol. The quantitative estimate of drug-likeness (QED) is 0.832. The molecule has 1 atom stereocenters. The first-order valence-corrected chi connectivity index (χ1v) is 10.7. The molecule has 1 unspecified atom stereocenters. The molecule has 7 nitrogen and oxygen atoms in total. The Balaban J connectivity index is 1.46. The summed E-state index contributed by atoms with van der Waals surface area (Å²) in [5, 5.41) is 2.41. The number of nitrogens with two attached hydrogens (primary N) is 1. The maximum atomic E-state index is 13.4. The van der Waals surface area contributed by atoms with Gasteiger partial charge in [0.2, 0.25) is 11.8 Å². The van der Waals surface area contributed by atoms with Gasteiger partial charge in [-0.15, -0.1) is 11.3 Å². The van der Waals surface area contributed by atoms with Crippen LogP contribution in [-0.4, -0.2) is 50.2 Å². The molecule has 2 aliphatic rings. The first-order chi connectivity index (χ1) is 13.6. The number of nitrogen functional groups attached to an aromatic ring is 1. The monoisotopic (exact) mass is 399 g/mol. The molecule has 148 valence electrons. The molecule has 28 heavy (non-hydrogen) atoms. The highest BCUT2D eigenvalue weighted by Gasteiger charge is 2.52. The van der Waals surface area contributed by atoms with Gasteiger partial charge < -0.3 is 15.5 Å². The maximum absolute atomic E-state index is 13.4. The minimum absolute atomic E-state index is 0.0390. The zero-order valence-corrected chi connectivity index (χ0v) is 16.7. The number of rotatable bonds is 5. The van der Waals surface area contributed by atoms with Gasteiger partial charge in [0, 0.05) is 31.1 Å².